The SMILES string of the molecule is C=C(C)C[C@@H](CC)N(C)C(=O)NCc1ccccc1O. The molecule has 1 atom stereocenters. The molecule has 1 rings (SSSR count). The number of urea groups is 1. The number of carbonyl (C=O) groups is 1. The van der Waals surface area contributed by atoms with Crippen LogP contribution in [-0.4, -0.2) is 29.1 Å². The van der Waals surface area contributed by atoms with Crippen LogP contribution in [0.3, 0.4) is 0 Å². The summed E-state index contributed by atoms with van der Waals surface area (Å²) in [4.78, 5) is 13.8. The van der Waals surface area contributed by atoms with Crippen LogP contribution in [0.15, 0.2) is 36.4 Å². The van der Waals surface area contributed by atoms with Crippen LogP contribution in [0, 0.1) is 0 Å². The molecule has 2 amide bonds. The molecule has 0 saturated carbocycles. The zero-order valence-electron chi connectivity index (χ0n) is 12.5. The molecule has 0 bridgehead atoms. The van der Waals surface area contributed by atoms with Crippen molar-refractivity contribution < 1.29 is 9.90 Å². The van der Waals surface area contributed by atoms with E-state index in [9.17, 15) is 9.90 Å². The average Bonchev–Trinajstić information content (AvgIpc) is 2.42. The van der Waals surface area contributed by atoms with Crippen molar-refractivity contribution in [1.29, 1.82) is 0 Å². The van der Waals surface area contributed by atoms with E-state index in [0.717, 1.165) is 18.4 Å². The largest absolute Gasteiger partial charge is 0.508 e. The number of benzene rings is 1. The molecule has 0 radical (unpaired) electrons. The molecule has 110 valence electrons. The minimum absolute atomic E-state index is 0.138. The van der Waals surface area contributed by atoms with Gasteiger partial charge in [-0.1, -0.05) is 30.7 Å². The molecule has 0 aliphatic heterocycles. The Kier molecular flexibility index (Phi) is 6.10. The van der Waals surface area contributed by atoms with Crippen LogP contribution in [0.5, 0.6) is 5.75 Å². The summed E-state index contributed by atoms with van der Waals surface area (Å²) in [7, 11) is 1.79. The monoisotopic (exact) mass is 276 g/mol. The maximum absolute atomic E-state index is 12.1. The van der Waals surface area contributed by atoms with Gasteiger partial charge in [-0.15, -0.1) is 6.58 Å². The maximum atomic E-state index is 12.1. The highest BCUT2D eigenvalue weighted by atomic mass is 16.3. The fourth-order valence-electron chi connectivity index (χ4n) is 2.08. The molecule has 4 heteroatoms. The molecule has 20 heavy (non-hydrogen) atoms. The second kappa shape index (κ2) is 7.58. The molecule has 1 aromatic carbocycles. The highest BCUT2D eigenvalue weighted by molar-refractivity contribution is 5.74. The van der Waals surface area contributed by atoms with Crippen molar-refractivity contribution in [3.8, 4) is 5.75 Å². The van der Waals surface area contributed by atoms with Crippen molar-refractivity contribution in [3.05, 3.63) is 42.0 Å². The molecule has 1 aromatic rings. The van der Waals surface area contributed by atoms with Crippen molar-refractivity contribution >= 4 is 6.03 Å². The first-order chi connectivity index (χ1) is 9.45. The molecular weight excluding hydrogens is 252 g/mol. The minimum atomic E-state index is -0.138. The number of amides is 2. The number of rotatable bonds is 6. The zero-order chi connectivity index (χ0) is 15.1. The van der Waals surface area contributed by atoms with Crippen LogP contribution in [-0.2, 0) is 6.54 Å². The first-order valence-electron chi connectivity index (χ1n) is 6.87. The lowest BCUT2D eigenvalue weighted by Crippen LogP contribution is -2.43. The number of carbonyl (C=O) groups excluding carboxylic acids is 1. The van der Waals surface area contributed by atoms with Crippen LogP contribution >= 0.6 is 0 Å². The second-order valence-electron chi connectivity index (χ2n) is 5.12. The highest BCUT2D eigenvalue weighted by Crippen LogP contribution is 2.16. The number of nitrogens with one attached hydrogen (secondary N) is 1. The van der Waals surface area contributed by atoms with Gasteiger partial charge in [-0.2, -0.15) is 0 Å². The number of phenols is 1. The summed E-state index contributed by atoms with van der Waals surface area (Å²) in [6, 6.07) is 7.01. The number of para-hydroxylation sites is 1. The molecule has 0 aliphatic carbocycles. The number of hydrogen-bond donors (Lipinski definition) is 2. The van der Waals surface area contributed by atoms with E-state index in [0.29, 0.717) is 12.1 Å². The van der Waals surface area contributed by atoms with E-state index in [1.807, 2.05) is 13.0 Å². The van der Waals surface area contributed by atoms with Gasteiger partial charge < -0.3 is 15.3 Å². The lowest BCUT2D eigenvalue weighted by Gasteiger charge is -2.27. The summed E-state index contributed by atoms with van der Waals surface area (Å²) in [5, 5.41) is 12.5. The average molecular weight is 276 g/mol. The summed E-state index contributed by atoms with van der Waals surface area (Å²) in [5.41, 5.74) is 1.78. The van der Waals surface area contributed by atoms with Gasteiger partial charge in [-0.25, -0.2) is 4.79 Å². The smallest absolute Gasteiger partial charge is 0.317 e. The normalized spacial score (nSPS) is 11.8. The van der Waals surface area contributed by atoms with Gasteiger partial charge in [-0.3, -0.25) is 0 Å². The standard InChI is InChI=1S/C16H24N2O2/c1-5-14(10-12(2)3)18(4)16(20)17-11-13-8-6-7-9-15(13)19/h6-9,14,19H,2,5,10-11H2,1,3-4H3,(H,17,20)/t14-/m1/s1. The Hall–Kier alpha value is -1.97. The van der Waals surface area contributed by atoms with Crippen LogP contribution in [0.2, 0.25) is 0 Å². The van der Waals surface area contributed by atoms with E-state index < -0.39 is 0 Å². The summed E-state index contributed by atoms with van der Waals surface area (Å²) in [6.07, 6.45) is 1.68. The molecule has 0 fully saturated rings. The van der Waals surface area contributed by atoms with Gasteiger partial charge in [0, 0.05) is 25.2 Å². The Morgan fingerprint density at radius 3 is 2.65 bits per heavy atom. The quantitative estimate of drug-likeness (QED) is 0.783. The maximum Gasteiger partial charge on any atom is 0.317 e. The molecular formula is C16H24N2O2. The molecule has 2 N–H and O–H groups in total. The molecule has 0 spiro atoms. The minimum Gasteiger partial charge on any atom is -0.508 e. The van der Waals surface area contributed by atoms with Gasteiger partial charge in [0.1, 0.15) is 5.75 Å². The van der Waals surface area contributed by atoms with Crippen LogP contribution in [0.25, 0.3) is 0 Å². The van der Waals surface area contributed by atoms with Crippen molar-refractivity contribution in [2.24, 2.45) is 0 Å². The van der Waals surface area contributed by atoms with E-state index in [1.54, 1.807) is 30.1 Å². The number of phenolic OH excluding ortho intramolecular Hbond substituents is 1. The zero-order valence-corrected chi connectivity index (χ0v) is 12.5. The Morgan fingerprint density at radius 1 is 1.45 bits per heavy atom. The molecule has 0 unspecified atom stereocenters. The Bertz CT molecular complexity index is 471. The van der Waals surface area contributed by atoms with E-state index in [1.165, 1.54) is 0 Å². The Balaban J connectivity index is 2.57. The first kappa shape index (κ1) is 16.1. The van der Waals surface area contributed by atoms with Crippen LogP contribution in [0.4, 0.5) is 4.79 Å². The number of aromatic hydroxyl groups is 1. The fourth-order valence-corrected chi connectivity index (χ4v) is 2.08. The van der Waals surface area contributed by atoms with Gasteiger partial charge in [0.05, 0.1) is 0 Å². The van der Waals surface area contributed by atoms with Gasteiger partial charge in [0.15, 0.2) is 0 Å². The van der Waals surface area contributed by atoms with Crippen LogP contribution in [0.1, 0.15) is 32.3 Å². The summed E-state index contributed by atoms with van der Waals surface area (Å²) in [6.45, 7) is 8.24. The second-order valence-corrected chi connectivity index (χ2v) is 5.12. The summed E-state index contributed by atoms with van der Waals surface area (Å²) in [5.74, 6) is 0.199. The molecule has 4 nitrogen and oxygen atoms in total. The van der Waals surface area contributed by atoms with E-state index in [4.69, 9.17) is 0 Å². The van der Waals surface area contributed by atoms with Gasteiger partial charge in [0.25, 0.3) is 0 Å². The highest BCUT2D eigenvalue weighted by Gasteiger charge is 2.18. The molecule has 0 aromatic heterocycles. The summed E-state index contributed by atoms with van der Waals surface area (Å²) >= 11 is 0. The third kappa shape index (κ3) is 4.61. The number of hydrogen-bond acceptors (Lipinski definition) is 2. The molecule has 0 aliphatic rings. The predicted molar refractivity (Wildman–Crippen MR) is 81.6 cm³/mol. The van der Waals surface area contributed by atoms with Crippen molar-refractivity contribution in [3.63, 3.8) is 0 Å². The van der Waals surface area contributed by atoms with Crippen LogP contribution < -0.4 is 5.32 Å². The van der Waals surface area contributed by atoms with E-state index in [2.05, 4.69) is 18.8 Å². The lowest BCUT2D eigenvalue weighted by molar-refractivity contribution is 0.187. The van der Waals surface area contributed by atoms with Gasteiger partial charge >= 0.3 is 6.03 Å². The predicted octanol–water partition coefficient (Wildman–Crippen LogP) is 3.28. The fraction of sp³-hybridized carbons (Fsp3) is 0.438. The molecule has 0 heterocycles. The topological polar surface area (TPSA) is 52.6 Å². The van der Waals surface area contributed by atoms with Gasteiger partial charge in [0.2, 0.25) is 0 Å². The number of nitrogens with zero attached hydrogens (tertiary/aromatic N) is 1. The van der Waals surface area contributed by atoms with Crippen molar-refractivity contribution in [2.45, 2.75) is 39.3 Å². The van der Waals surface area contributed by atoms with Crippen molar-refractivity contribution in [2.75, 3.05) is 7.05 Å². The van der Waals surface area contributed by atoms with Gasteiger partial charge in [-0.05, 0) is 25.8 Å². The third-order valence-corrected chi connectivity index (χ3v) is 3.35. The first-order valence-corrected chi connectivity index (χ1v) is 6.87. The molecule has 0 saturated heterocycles. The Labute approximate surface area is 121 Å². The Morgan fingerprint density at radius 2 is 2.10 bits per heavy atom. The van der Waals surface area contributed by atoms with Crippen molar-refractivity contribution in [1.82, 2.24) is 10.2 Å². The van der Waals surface area contributed by atoms with E-state index >= 15 is 0 Å². The summed E-state index contributed by atoms with van der Waals surface area (Å²) < 4.78 is 0. The van der Waals surface area contributed by atoms with E-state index in [-0.39, 0.29) is 17.8 Å². The third-order valence-electron chi connectivity index (χ3n) is 3.35. The lowest BCUT2D eigenvalue weighted by atomic mass is 10.1.